The third-order valence-electron chi connectivity index (χ3n) is 2.50. The first-order valence-corrected chi connectivity index (χ1v) is 6.51. The van der Waals surface area contributed by atoms with Gasteiger partial charge in [-0.3, -0.25) is 0 Å². The molecule has 0 bridgehead atoms. The van der Waals surface area contributed by atoms with E-state index in [4.69, 9.17) is 4.52 Å². The van der Waals surface area contributed by atoms with Gasteiger partial charge in [0.15, 0.2) is 5.76 Å². The lowest BCUT2D eigenvalue weighted by molar-refractivity contribution is 0.431. The number of halogens is 1. The van der Waals surface area contributed by atoms with Crippen molar-refractivity contribution in [3.8, 4) is 11.3 Å². The Morgan fingerprint density at radius 1 is 1.35 bits per heavy atom. The molecule has 0 fully saturated rings. The van der Waals surface area contributed by atoms with E-state index >= 15 is 0 Å². The van der Waals surface area contributed by atoms with Crippen LogP contribution in [0.4, 0.5) is 0 Å². The highest BCUT2D eigenvalue weighted by Gasteiger charge is 2.12. The number of benzene rings is 1. The van der Waals surface area contributed by atoms with Gasteiger partial charge >= 0.3 is 0 Å². The molecule has 1 heterocycles. The minimum atomic E-state index is 0.786. The first kappa shape index (κ1) is 12.3. The molecule has 0 atom stereocenters. The third-order valence-corrected chi connectivity index (χ3v) is 3.20. The van der Waals surface area contributed by atoms with Crippen LogP contribution in [0, 0.1) is 0 Å². The lowest BCUT2D eigenvalue weighted by Gasteiger charge is -2.04. The number of hydrogen-bond donors (Lipinski definition) is 1. The van der Waals surface area contributed by atoms with E-state index in [9.17, 15) is 0 Å². The van der Waals surface area contributed by atoms with Crippen LogP contribution in [-0.2, 0) is 6.54 Å². The molecule has 3 nitrogen and oxygen atoms in total. The molecule has 0 amide bonds. The summed E-state index contributed by atoms with van der Waals surface area (Å²) in [6, 6.07) is 8.00. The van der Waals surface area contributed by atoms with Crippen molar-refractivity contribution in [2.24, 2.45) is 0 Å². The largest absolute Gasteiger partial charge is 0.356 e. The molecule has 0 spiro atoms. The van der Waals surface area contributed by atoms with Gasteiger partial charge in [-0.2, -0.15) is 0 Å². The standard InChI is InChI=1S/C13H15BrN2O/c1-2-7-15-8-10-9-16-17-13(10)11-5-3-4-6-12(11)14/h3-6,9,15H,2,7-8H2,1H3. The SMILES string of the molecule is CCCNCc1cnoc1-c1ccccc1Br. The van der Waals surface area contributed by atoms with E-state index in [1.165, 1.54) is 0 Å². The predicted octanol–water partition coefficient (Wildman–Crippen LogP) is 3.60. The van der Waals surface area contributed by atoms with Gasteiger partial charge in [0.2, 0.25) is 0 Å². The van der Waals surface area contributed by atoms with E-state index in [1.807, 2.05) is 24.3 Å². The smallest absolute Gasteiger partial charge is 0.172 e. The van der Waals surface area contributed by atoms with Crippen molar-refractivity contribution >= 4 is 15.9 Å². The summed E-state index contributed by atoms with van der Waals surface area (Å²) >= 11 is 3.53. The second kappa shape index (κ2) is 5.98. The van der Waals surface area contributed by atoms with Gasteiger partial charge in [-0.05, 0) is 25.1 Å². The van der Waals surface area contributed by atoms with E-state index in [0.717, 1.165) is 40.9 Å². The maximum Gasteiger partial charge on any atom is 0.172 e. The summed E-state index contributed by atoms with van der Waals surface area (Å²) < 4.78 is 6.36. The molecule has 2 rings (SSSR count). The van der Waals surface area contributed by atoms with Crippen LogP contribution in [0.15, 0.2) is 39.5 Å². The predicted molar refractivity (Wildman–Crippen MR) is 71.6 cm³/mol. The summed E-state index contributed by atoms with van der Waals surface area (Å²) in [7, 11) is 0. The van der Waals surface area contributed by atoms with E-state index in [-0.39, 0.29) is 0 Å². The fourth-order valence-electron chi connectivity index (χ4n) is 1.65. The molecule has 1 aromatic carbocycles. The topological polar surface area (TPSA) is 38.1 Å². The average molecular weight is 295 g/mol. The van der Waals surface area contributed by atoms with Crippen molar-refractivity contribution in [2.45, 2.75) is 19.9 Å². The first-order chi connectivity index (χ1) is 8.33. The zero-order chi connectivity index (χ0) is 12.1. The van der Waals surface area contributed by atoms with E-state index < -0.39 is 0 Å². The molecular weight excluding hydrogens is 280 g/mol. The van der Waals surface area contributed by atoms with Crippen LogP contribution in [0.3, 0.4) is 0 Å². The van der Waals surface area contributed by atoms with Crippen molar-refractivity contribution in [2.75, 3.05) is 6.54 Å². The molecule has 0 saturated carbocycles. The monoisotopic (exact) mass is 294 g/mol. The summed E-state index contributed by atoms with van der Waals surface area (Å²) in [5.41, 5.74) is 2.13. The summed E-state index contributed by atoms with van der Waals surface area (Å²) in [5.74, 6) is 0.834. The summed E-state index contributed by atoms with van der Waals surface area (Å²) in [6.45, 7) is 3.93. The highest BCUT2D eigenvalue weighted by atomic mass is 79.9. The van der Waals surface area contributed by atoms with Crippen molar-refractivity contribution in [3.63, 3.8) is 0 Å². The third kappa shape index (κ3) is 2.96. The lowest BCUT2D eigenvalue weighted by atomic mass is 10.1. The normalized spacial score (nSPS) is 10.7. The lowest BCUT2D eigenvalue weighted by Crippen LogP contribution is -2.13. The minimum absolute atomic E-state index is 0.786. The van der Waals surface area contributed by atoms with Gasteiger partial charge in [0.1, 0.15) is 0 Å². The molecular formula is C13H15BrN2O. The van der Waals surface area contributed by atoms with Crippen LogP contribution in [0.1, 0.15) is 18.9 Å². The maximum absolute atomic E-state index is 5.34. The fraction of sp³-hybridized carbons (Fsp3) is 0.308. The molecule has 17 heavy (non-hydrogen) atoms. The Morgan fingerprint density at radius 2 is 2.18 bits per heavy atom. The van der Waals surface area contributed by atoms with Crippen molar-refractivity contribution < 1.29 is 4.52 Å². The zero-order valence-corrected chi connectivity index (χ0v) is 11.3. The van der Waals surface area contributed by atoms with Crippen LogP contribution in [0.5, 0.6) is 0 Å². The number of hydrogen-bond acceptors (Lipinski definition) is 3. The molecule has 0 aliphatic heterocycles. The molecule has 0 aliphatic carbocycles. The van der Waals surface area contributed by atoms with Crippen LogP contribution in [-0.4, -0.2) is 11.7 Å². The second-order valence-corrected chi connectivity index (χ2v) is 4.69. The Bertz CT molecular complexity index is 482. The van der Waals surface area contributed by atoms with Gasteiger partial charge < -0.3 is 9.84 Å². The van der Waals surface area contributed by atoms with E-state index in [2.05, 4.69) is 33.3 Å². The van der Waals surface area contributed by atoms with Gasteiger partial charge in [0.05, 0.1) is 6.20 Å². The second-order valence-electron chi connectivity index (χ2n) is 3.84. The summed E-state index contributed by atoms with van der Waals surface area (Å²) in [6.07, 6.45) is 2.90. The van der Waals surface area contributed by atoms with Gasteiger partial charge in [-0.1, -0.05) is 40.1 Å². The Kier molecular flexibility index (Phi) is 4.34. The fourth-order valence-corrected chi connectivity index (χ4v) is 2.12. The van der Waals surface area contributed by atoms with Gasteiger partial charge in [0, 0.05) is 22.1 Å². The van der Waals surface area contributed by atoms with E-state index in [1.54, 1.807) is 6.20 Å². The Morgan fingerprint density at radius 3 is 2.94 bits per heavy atom. The Labute approximate surface area is 109 Å². The highest BCUT2D eigenvalue weighted by Crippen LogP contribution is 2.30. The van der Waals surface area contributed by atoms with Gasteiger partial charge in [-0.15, -0.1) is 0 Å². The van der Waals surface area contributed by atoms with Crippen molar-refractivity contribution in [1.29, 1.82) is 0 Å². The molecule has 0 saturated heterocycles. The molecule has 1 N–H and O–H groups in total. The highest BCUT2D eigenvalue weighted by molar-refractivity contribution is 9.10. The average Bonchev–Trinajstić information content (AvgIpc) is 2.78. The van der Waals surface area contributed by atoms with Crippen molar-refractivity contribution in [3.05, 3.63) is 40.5 Å². The summed E-state index contributed by atoms with van der Waals surface area (Å²) in [5, 5.41) is 7.23. The minimum Gasteiger partial charge on any atom is -0.356 e. The van der Waals surface area contributed by atoms with Crippen LogP contribution in [0.2, 0.25) is 0 Å². The molecule has 0 unspecified atom stereocenters. The van der Waals surface area contributed by atoms with Crippen molar-refractivity contribution in [1.82, 2.24) is 10.5 Å². The Balaban J connectivity index is 2.22. The van der Waals surface area contributed by atoms with E-state index in [0.29, 0.717) is 0 Å². The molecule has 90 valence electrons. The maximum atomic E-state index is 5.34. The molecule has 0 radical (unpaired) electrons. The number of aromatic nitrogens is 1. The van der Waals surface area contributed by atoms with Gasteiger partial charge in [0.25, 0.3) is 0 Å². The molecule has 0 aliphatic rings. The molecule has 4 heteroatoms. The number of rotatable bonds is 5. The Hall–Kier alpha value is -1.13. The molecule has 2 aromatic rings. The molecule has 1 aromatic heterocycles. The number of nitrogens with zero attached hydrogens (tertiary/aromatic N) is 1. The van der Waals surface area contributed by atoms with Crippen LogP contribution >= 0.6 is 15.9 Å². The van der Waals surface area contributed by atoms with Gasteiger partial charge in [-0.25, -0.2) is 0 Å². The van der Waals surface area contributed by atoms with Crippen LogP contribution in [0.25, 0.3) is 11.3 Å². The first-order valence-electron chi connectivity index (χ1n) is 5.72. The quantitative estimate of drug-likeness (QED) is 0.856. The zero-order valence-electron chi connectivity index (χ0n) is 9.74. The van der Waals surface area contributed by atoms with Crippen LogP contribution < -0.4 is 5.32 Å². The number of nitrogens with one attached hydrogen (secondary N) is 1. The summed E-state index contributed by atoms with van der Waals surface area (Å²) in [4.78, 5) is 0.